The highest BCUT2D eigenvalue weighted by molar-refractivity contribution is 8.00. The first kappa shape index (κ1) is 37.5. The van der Waals surface area contributed by atoms with Crippen LogP contribution in [0.1, 0.15) is 62.1 Å². The van der Waals surface area contributed by atoms with Crippen molar-refractivity contribution in [2.24, 2.45) is 5.41 Å². The van der Waals surface area contributed by atoms with Gasteiger partial charge in [-0.3, -0.25) is 14.1 Å². The number of unbranched alkanes of at least 4 members (excludes halogenated alkanes) is 1. The van der Waals surface area contributed by atoms with E-state index < -0.39 is 67.2 Å². The van der Waals surface area contributed by atoms with Gasteiger partial charge in [-0.1, -0.05) is 87.4 Å². The lowest BCUT2D eigenvalue weighted by molar-refractivity contribution is -0.150. The number of carbonyl (C=O) groups is 2. The summed E-state index contributed by atoms with van der Waals surface area (Å²) in [6, 6.07) is 21.6. The second kappa shape index (κ2) is 15.5. The quantitative estimate of drug-likeness (QED) is 0.0937. The number of benzene rings is 3. The van der Waals surface area contributed by atoms with Crippen molar-refractivity contribution in [3.8, 4) is 0 Å². The standard InChI is InChI=1S/C34H42N2O9S3/c1-3-5-18-33(4-2)23-47(41,42)28-17-16-26(21-27(28)30(31(33)38)24-12-8-6-9-13-24)46-22-29(37)36-34(40,25-14-10-7-11-15-25)32(39)35-19-20-48(43,44)45/h6-17,21,30-31,38,40H,3-5,18-20,22-23H2,1-2H3,(H,35,39)(H,36,37)(H,43,44,45)/t30?,31?,33?,34-/m1/s1. The van der Waals surface area contributed by atoms with Gasteiger partial charge in [-0.15, -0.1) is 11.8 Å². The molecule has 2 amide bonds. The SMILES string of the molecule is CCCCC1(CC)CS(=O)(=O)c2ccc(SCC(=O)N[C@](O)(C(=O)NCCS(=O)(=O)O)c3ccccc3)cc2C(c2ccccc2)C1O. The summed E-state index contributed by atoms with van der Waals surface area (Å²) in [5.41, 5.74) is -2.21. The highest BCUT2D eigenvalue weighted by Crippen LogP contribution is 2.49. The molecule has 3 unspecified atom stereocenters. The molecule has 1 heterocycles. The van der Waals surface area contributed by atoms with Crippen LogP contribution < -0.4 is 10.6 Å². The third-order valence-corrected chi connectivity index (χ3v) is 12.5. The van der Waals surface area contributed by atoms with Gasteiger partial charge in [-0.2, -0.15) is 8.42 Å². The molecule has 4 rings (SSSR count). The second-order valence-corrected chi connectivity index (χ2v) is 16.6. The van der Waals surface area contributed by atoms with Gasteiger partial charge in [0.1, 0.15) is 0 Å². The second-order valence-electron chi connectivity index (χ2n) is 12.1. The normalized spacial score (nSPS) is 21.7. The van der Waals surface area contributed by atoms with Crippen LogP contribution in [-0.4, -0.2) is 73.3 Å². The number of fused-ring (bicyclic) bond motifs is 1. The van der Waals surface area contributed by atoms with E-state index in [2.05, 4.69) is 10.6 Å². The minimum Gasteiger partial charge on any atom is -0.392 e. The predicted octanol–water partition coefficient (Wildman–Crippen LogP) is 3.61. The summed E-state index contributed by atoms with van der Waals surface area (Å²) in [6.45, 7) is 3.43. The van der Waals surface area contributed by atoms with E-state index in [4.69, 9.17) is 4.55 Å². The monoisotopic (exact) mass is 718 g/mol. The largest absolute Gasteiger partial charge is 0.392 e. The molecule has 0 saturated carbocycles. The molecule has 11 nitrogen and oxygen atoms in total. The van der Waals surface area contributed by atoms with E-state index in [0.717, 1.165) is 30.2 Å². The molecule has 1 aliphatic heterocycles. The molecule has 260 valence electrons. The van der Waals surface area contributed by atoms with Crippen molar-refractivity contribution in [1.82, 2.24) is 10.6 Å². The van der Waals surface area contributed by atoms with E-state index in [0.29, 0.717) is 23.3 Å². The van der Waals surface area contributed by atoms with Crippen molar-refractivity contribution >= 4 is 43.5 Å². The van der Waals surface area contributed by atoms with Gasteiger partial charge >= 0.3 is 0 Å². The number of aliphatic hydroxyl groups excluding tert-OH is 1. The van der Waals surface area contributed by atoms with Gasteiger partial charge in [0.2, 0.25) is 11.6 Å². The van der Waals surface area contributed by atoms with Crippen LogP contribution in [0.4, 0.5) is 0 Å². The summed E-state index contributed by atoms with van der Waals surface area (Å²) in [6.07, 6.45) is 1.64. The van der Waals surface area contributed by atoms with Crippen molar-refractivity contribution < 1.29 is 41.2 Å². The van der Waals surface area contributed by atoms with Crippen LogP contribution in [0.25, 0.3) is 0 Å². The molecule has 48 heavy (non-hydrogen) atoms. The third kappa shape index (κ3) is 8.65. The highest BCUT2D eigenvalue weighted by atomic mass is 32.2. The first-order valence-electron chi connectivity index (χ1n) is 15.7. The molecule has 3 aromatic rings. The van der Waals surface area contributed by atoms with Crippen LogP contribution in [0.5, 0.6) is 0 Å². The summed E-state index contributed by atoms with van der Waals surface area (Å²) in [7, 11) is -8.20. The van der Waals surface area contributed by atoms with E-state index >= 15 is 0 Å². The molecule has 0 radical (unpaired) electrons. The molecule has 4 atom stereocenters. The molecular formula is C34H42N2O9S3. The topological polar surface area (TPSA) is 187 Å². The molecular weight excluding hydrogens is 677 g/mol. The number of thioether (sulfide) groups is 1. The van der Waals surface area contributed by atoms with E-state index in [-0.39, 0.29) is 22.0 Å². The van der Waals surface area contributed by atoms with E-state index in [1.165, 1.54) is 18.2 Å². The number of amides is 2. The average molecular weight is 719 g/mol. The lowest BCUT2D eigenvalue weighted by atomic mass is 9.69. The summed E-state index contributed by atoms with van der Waals surface area (Å²) in [4.78, 5) is 26.9. The zero-order valence-corrected chi connectivity index (χ0v) is 29.3. The van der Waals surface area contributed by atoms with Crippen LogP contribution >= 0.6 is 11.8 Å². The van der Waals surface area contributed by atoms with Gasteiger partial charge in [-0.25, -0.2) is 8.42 Å². The van der Waals surface area contributed by atoms with Crippen LogP contribution in [0, 0.1) is 5.41 Å². The van der Waals surface area contributed by atoms with Crippen LogP contribution in [0.3, 0.4) is 0 Å². The predicted molar refractivity (Wildman–Crippen MR) is 184 cm³/mol. The first-order chi connectivity index (χ1) is 22.7. The van der Waals surface area contributed by atoms with Gasteiger partial charge in [-0.05, 0) is 42.2 Å². The lowest BCUT2D eigenvalue weighted by Gasteiger charge is -2.39. The number of hydrogen-bond donors (Lipinski definition) is 5. The number of rotatable bonds is 14. The van der Waals surface area contributed by atoms with Gasteiger partial charge in [0.15, 0.2) is 9.84 Å². The van der Waals surface area contributed by atoms with Crippen molar-refractivity contribution in [1.29, 1.82) is 0 Å². The fraction of sp³-hybridized carbons (Fsp3) is 0.412. The zero-order valence-electron chi connectivity index (χ0n) is 26.8. The molecule has 5 N–H and O–H groups in total. The van der Waals surface area contributed by atoms with Gasteiger partial charge in [0.25, 0.3) is 16.0 Å². The molecule has 14 heteroatoms. The number of nitrogens with one attached hydrogen (secondary N) is 2. The molecule has 0 aliphatic carbocycles. The number of carbonyl (C=O) groups excluding carboxylic acids is 2. The van der Waals surface area contributed by atoms with Crippen molar-refractivity contribution in [2.45, 2.75) is 67.1 Å². The number of sulfone groups is 1. The fourth-order valence-electron chi connectivity index (χ4n) is 6.21. The number of hydrogen-bond acceptors (Lipinski definition) is 9. The Morgan fingerprint density at radius 1 is 1.02 bits per heavy atom. The Balaban J connectivity index is 1.64. The first-order valence-corrected chi connectivity index (χ1v) is 20.0. The Bertz CT molecular complexity index is 1810. The third-order valence-electron chi connectivity index (χ3n) is 8.82. The van der Waals surface area contributed by atoms with Crippen molar-refractivity contribution in [3.63, 3.8) is 0 Å². The van der Waals surface area contributed by atoms with E-state index in [1.54, 1.807) is 30.3 Å². The van der Waals surface area contributed by atoms with Gasteiger partial charge < -0.3 is 20.8 Å². The molecule has 3 aromatic carbocycles. The van der Waals surface area contributed by atoms with E-state index in [9.17, 15) is 36.6 Å². The van der Waals surface area contributed by atoms with E-state index in [1.807, 2.05) is 44.2 Å². The fourth-order valence-corrected chi connectivity index (χ4v) is 9.57. The maximum atomic E-state index is 13.9. The van der Waals surface area contributed by atoms with Crippen LogP contribution in [0.2, 0.25) is 0 Å². The van der Waals surface area contributed by atoms with Crippen molar-refractivity contribution in [3.05, 3.63) is 95.6 Å². The zero-order chi connectivity index (χ0) is 35.2. The Labute approximate surface area is 286 Å². The average Bonchev–Trinajstić information content (AvgIpc) is 3.12. The molecule has 0 bridgehead atoms. The number of aliphatic hydroxyl groups is 2. The van der Waals surface area contributed by atoms with Crippen molar-refractivity contribution in [2.75, 3.05) is 23.8 Å². The molecule has 0 saturated heterocycles. The Hall–Kier alpha value is -3.27. The highest BCUT2D eigenvalue weighted by Gasteiger charge is 2.49. The molecule has 0 spiro atoms. The lowest BCUT2D eigenvalue weighted by Crippen LogP contribution is -2.57. The van der Waals surface area contributed by atoms with Gasteiger partial charge in [0, 0.05) is 28.3 Å². The molecule has 0 fully saturated rings. The molecule has 0 aromatic heterocycles. The Morgan fingerprint density at radius 3 is 2.27 bits per heavy atom. The minimum absolute atomic E-state index is 0.0186. The van der Waals surface area contributed by atoms with Crippen LogP contribution in [-0.2, 0) is 35.3 Å². The Morgan fingerprint density at radius 2 is 1.67 bits per heavy atom. The van der Waals surface area contributed by atoms with Gasteiger partial charge in [0.05, 0.1) is 28.3 Å². The summed E-state index contributed by atoms with van der Waals surface area (Å²) in [5.74, 6) is -3.77. The smallest absolute Gasteiger partial charge is 0.278 e. The minimum atomic E-state index is -4.39. The maximum absolute atomic E-state index is 13.9. The summed E-state index contributed by atoms with van der Waals surface area (Å²) in [5, 5.41) is 28.0. The molecule has 1 aliphatic rings. The Kier molecular flexibility index (Phi) is 12.1. The maximum Gasteiger partial charge on any atom is 0.278 e. The summed E-state index contributed by atoms with van der Waals surface area (Å²) < 4.78 is 59.0. The summed E-state index contributed by atoms with van der Waals surface area (Å²) >= 11 is 1.05. The van der Waals surface area contributed by atoms with Crippen LogP contribution in [0.15, 0.2) is 88.7 Å².